The second kappa shape index (κ2) is 5.45. The first-order valence-corrected chi connectivity index (χ1v) is 8.21. The fraction of sp³-hybridized carbons (Fsp3) is 0.533. The van der Waals surface area contributed by atoms with Crippen molar-refractivity contribution in [2.75, 3.05) is 5.75 Å². The number of carbonyl (C=O) groups excluding carboxylic acids is 1. The molecule has 1 aromatic rings. The van der Waals surface area contributed by atoms with E-state index in [1.807, 2.05) is 42.1 Å². The Labute approximate surface area is 124 Å². The zero-order valence-electron chi connectivity index (χ0n) is 11.9. The maximum atomic E-state index is 12.5. The van der Waals surface area contributed by atoms with Crippen LogP contribution in [0.15, 0.2) is 30.3 Å². The van der Waals surface area contributed by atoms with Crippen molar-refractivity contribution in [2.45, 2.75) is 36.8 Å². The molecular formula is C15H19BO3S. The van der Waals surface area contributed by atoms with E-state index in [0.29, 0.717) is 6.61 Å². The number of fused-ring (bicyclic) bond motifs is 2. The van der Waals surface area contributed by atoms with Crippen molar-refractivity contribution in [2.24, 2.45) is 5.92 Å². The van der Waals surface area contributed by atoms with Gasteiger partial charge < -0.3 is 9.47 Å². The van der Waals surface area contributed by atoms with E-state index in [1.54, 1.807) is 0 Å². The highest BCUT2D eigenvalue weighted by Crippen LogP contribution is 2.53. The van der Waals surface area contributed by atoms with Crippen LogP contribution in [0.3, 0.4) is 0 Å². The van der Waals surface area contributed by atoms with Crippen LogP contribution < -0.4 is 0 Å². The van der Waals surface area contributed by atoms with Gasteiger partial charge in [-0.25, -0.2) is 0 Å². The largest absolute Gasteiger partial charge is 0.460 e. The minimum Gasteiger partial charge on any atom is -0.460 e. The normalized spacial score (nSPS) is 35.1. The molecule has 2 fully saturated rings. The molecular weight excluding hydrogens is 271 g/mol. The molecule has 0 aliphatic carbocycles. The molecule has 5 heteroatoms. The highest BCUT2D eigenvalue weighted by molar-refractivity contribution is 8.00. The van der Waals surface area contributed by atoms with Crippen LogP contribution in [0.25, 0.3) is 0 Å². The lowest BCUT2D eigenvalue weighted by atomic mass is 9.83. The van der Waals surface area contributed by atoms with Crippen molar-refractivity contribution < 1.29 is 14.3 Å². The Bertz CT molecular complexity index is 495. The number of benzene rings is 1. The quantitative estimate of drug-likeness (QED) is 0.623. The molecule has 2 saturated heterocycles. The molecule has 2 aliphatic rings. The van der Waals surface area contributed by atoms with Crippen LogP contribution in [-0.4, -0.2) is 36.4 Å². The zero-order chi connectivity index (χ0) is 14.2. The topological polar surface area (TPSA) is 35.5 Å². The van der Waals surface area contributed by atoms with E-state index >= 15 is 0 Å². The molecule has 1 unspecified atom stereocenters. The number of hydrogen-bond donors (Lipinski definition) is 0. The maximum absolute atomic E-state index is 12.5. The minimum atomic E-state index is -0.303. The number of thioether (sulfide) groups is 1. The summed E-state index contributed by atoms with van der Waals surface area (Å²) in [5, 5.41) is 0.248. The molecule has 1 aromatic carbocycles. The Morgan fingerprint density at radius 3 is 2.90 bits per heavy atom. The monoisotopic (exact) mass is 290 g/mol. The van der Waals surface area contributed by atoms with Crippen molar-refractivity contribution in [3.05, 3.63) is 35.9 Å². The smallest absolute Gasteiger partial charge is 0.313 e. The molecule has 0 radical (unpaired) electrons. The van der Waals surface area contributed by atoms with Crippen LogP contribution in [0.5, 0.6) is 0 Å². The lowest BCUT2D eigenvalue weighted by Gasteiger charge is -2.29. The fourth-order valence-corrected chi connectivity index (χ4v) is 5.05. The summed E-state index contributed by atoms with van der Waals surface area (Å²) in [6.07, 6.45) is 0.867. The van der Waals surface area contributed by atoms with Gasteiger partial charge >= 0.3 is 5.97 Å². The second-order valence-corrected chi connectivity index (χ2v) is 6.75. The van der Waals surface area contributed by atoms with Crippen molar-refractivity contribution in [1.82, 2.24) is 0 Å². The standard InChI is InChI=1S/C15H19BO3S/c1-2-15-9-20-12(13(16)19-15)11(15)14(17)18-8-10-6-4-3-5-7-10/h3-7,11-13H,2,8-9,16H2,1H3/t11?,12-,13+,15-/m0/s1. The van der Waals surface area contributed by atoms with Crippen molar-refractivity contribution >= 4 is 25.6 Å². The van der Waals surface area contributed by atoms with Gasteiger partial charge in [0.1, 0.15) is 20.4 Å². The van der Waals surface area contributed by atoms with E-state index in [4.69, 9.17) is 9.47 Å². The Kier molecular flexibility index (Phi) is 3.82. The molecule has 2 aliphatic heterocycles. The Morgan fingerprint density at radius 2 is 2.25 bits per heavy atom. The number of ether oxygens (including phenoxy) is 2. The van der Waals surface area contributed by atoms with Gasteiger partial charge in [0.15, 0.2) is 0 Å². The predicted molar refractivity (Wildman–Crippen MR) is 82.4 cm³/mol. The van der Waals surface area contributed by atoms with E-state index in [1.165, 1.54) is 0 Å². The van der Waals surface area contributed by atoms with E-state index in [9.17, 15) is 4.79 Å². The van der Waals surface area contributed by atoms with E-state index in [2.05, 4.69) is 14.8 Å². The molecule has 0 amide bonds. The average Bonchev–Trinajstić information content (AvgIpc) is 2.98. The van der Waals surface area contributed by atoms with E-state index in [0.717, 1.165) is 17.7 Å². The third-order valence-electron chi connectivity index (χ3n) is 4.38. The molecule has 3 rings (SSSR count). The van der Waals surface area contributed by atoms with Gasteiger partial charge in [-0.3, -0.25) is 4.79 Å². The lowest BCUT2D eigenvalue weighted by Crippen LogP contribution is -2.40. The van der Waals surface area contributed by atoms with Crippen molar-refractivity contribution in [1.29, 1.82) is 0 Å². The Hall–Kier alpha value is -0.935. The summed E-state index contributed by atoms with van der Waals surface area (Å²) in [7, 11) is 2.06. The SMILES string of the molecule is B[C@@H]1O[C@@]2(CC)CS[C@H]1C2C(=O)OCc1ccccc1. The molecule has 106 valence electrons. The van der Waals surface area contributed by atoms with Crippen molar-refractivity contribution in [3.63, 3.8) is 0 Å². The van der Waals surface area contributed by atoms with Gasteiger partial charge in [0.25, 0.3) is 0 Å². The third kappa shape index (κ3) is 2.27. The van der Waals surface area contributed by atoms with Crippen LogP contribution in [0, 0.1) is 5.92 Å². The van der Waals surface area contributed by atoms with Gasteiger partial charge in [-0.1, -0.05) is 37.3 Å². The third-order valence-corrected chi connectivity index (χ3v) is 6.07. The molecule has 0 spiro atoms. The summed E-state index contributed by atoms with van der Waals surface area (Å²) in [6.45, 7) is 2.44. The van der Waals surface area contributed by atoms with Crippen LogP contribution in [0.2, 0.25) is 0 Å². The summed E-state index contributed by atoms with van der Waals surface area (Å²) >= 11 is 1.86. The van der Waals surface area contributed by atoms with Gasteiger partial charge in [-0.2, -0.15) is 11.8 Å². The molecule has 2 heterocycles. The van der Waals surface area contributed by atoms with Gasteiger partial charge in [0.2, 0.25) is 0 Å². The summed E-state index contributed by atoms with van der Waals surface area (Å²) in [4.78, 5) is 12.5. The molecule has 3 nitrogen and oxygen atoms in total. The average molecular weight is 290 g/mol. The van der Waals surface area contributed by atoms with Crippen LogP contribution in [-0.2, 0) is 20.9 Å². The van der Waals surface area contributed by atoms with Crippen LogP contribution >= 0.6 is 11.8 Å². The molecule has 0 N–H and O–H groups in total. The van der Waals surface area contributed by atoms with Gasteiger partial charge in [0, 0.05) is 17.0 Å². The number of rotatable bonds is 4. The summed E-state index contributed by atoms with van der Waals surface area (Å²) < 4.78 is 11.6. The molecule has 2 bridgehead atoms. The first-order chi connectivity index (χ1) is 9.66. The van der Waals surface area contributed by atoms with Crippen molar-refractivity contribution in [3.8, 4) is 0 Å². The maximum Gasteiger partial charge on any atom is 0.313 e. The molecule has 20 heavy (non-hydrogen) atoms. The highest BCUT2D eigenvalue weighted by Gasteiger charge is 2.61. The number of esters is 1. The summed E-state index contributed by atoms with van der Waals surface area (Å²) in [6, 6.07) is 9.96. The number of carbonyl (C=O) groups is 1. The van der Waals surface area contributed by atoms with E-state index < -0.39 is 0 Å². The molecule has 4 atom stereocenters. The number of hydrogen-bond acceptors (Lipinski definition) is 4. The Morgan fingerprint density at radius 1 is 1.50 bits per heavy atom. The minimum absolute atomic E-state index is 0.102. The van der Waals surface area contributed by atoms with Gasteiger partial charge in [0.05, 0.1) is 5.60 Å². The summed E-state index contributed by atoms with van der Waals surface area (Å²) in [5.41, 5.74) is 0.723. The zero-order valence-corrected chi connectivity index (χ0v) is 12.7. The van der Waals surface area contributed by atoms with Gasteiger partial charge in [-0.05, 0) is 12.0 Å². The first-order valence-electron chi connectivity index (χ1n) is 7.16. The molecule has 0 aromatic heterocycles. The first kappa shape index (κ1) is 14.0. The van der Waals surface area contributed by atoms with E-state index in [-0.39, 0.29) is 28.7 Å². The van der Waals surface area contributed by atoms with Crippen LogP contribution in [0.4, 0.5) is 0 Å². The Balaban J connectivity index is 1.68. The van der Waals surface area contributed by atoms with Gasteiger partial charge in [-0.15, -0.1) is 0 Å². The van der Waals surface area contributed by atoms with Crippen LogP contribution in [0.1, 0.15) is 18.9 Å². The summed E-state index contributed by atoms with van der Waals surface area (Å²) in [5.74, 6) is 0.690. The molecule has 0 saturated carbocycles. The fourth-order valence-electron chi connectivity index (χ4n) is 3.25. The second-order valence-electron chi connectivity index (χ2n) is 5.59. The lowest BCUT2D eigenvalue weighted by molar-refractivity contribution is -0.155. The highest BCUT2D eigenvalue weighted by atomic mass is 32.2. The predicted octanol–water partition coefficient (Wildman–Crippen LogP) is 1.60.